The number of hydrogen-bond donors (Lipinski definition) is 2. The quantitative estimate of drug-likeness (QED) is 0.334. The second kappa shape index (κ2) is 11.4. The molecule has 2 N–H and O–H groups in total. The molecule has 186 valence electrons. The van der Waals surface area contributed by atoms with E-state index in [0.717, 1.165) is 53.7 Å². The predicted octanol–water partition coefficient (Wildman–Crippen LogP) is 4.72. The van der Waals surface area contributed by atoms with Gasteiger partial charge >= 0.3 is 0 Å². The maximum absolute atomic E-state index is 12.1. The van der Waals surface area contributed by atoms with Crippen LogP contribution in [0.3, 0.4) is 0 Å². The van der Waals surface area contributed by atoms with E-state index in [4.69, 9.17) is 4.74 Å². The summed E-state index contributed by atoms with van der Waals surface area (Å²) in [7, 11) is 0. The number of aromatic nitrogens is 1. The number of rotatable bonds is 8. The van der Waals surface area contributed by atoms with Crippen LogP contribution in [0.4, 0.5) is 0 Å². The van der Waals surface area contributed by atoms with Crippen molar-refractivity contribution in [3.05, 3.63) is 110 Å². The van der Waals surface area contributed by atoms with Crippen LogP contribution in [0, 0.1) is 0 Å². The molecular formula is C29H30BrN3O3. The lowest BCUT2D eigenvalue weighted by molar-refractivity contribution is 0.0707. The monoisotopic (exact) mass is 547 g/mol. The number of nitrogens with zero attached hydrogens (tertiary/aromatic N) is 2. The van der Waals surface area contributed by atoms with Gasteiger partial charge in [0, 0.05) is 55.2 Å². The van der Waals surface area contributed by atoms with Gasteiger partial charge in [-0.2, -0.15) is 0 Å². The van der Waals surface area contributed by atoms with Crippen LogP contribution < -0.4 is 10.3 Å². The van der Waals surface area contributed by atoms with Gasteiger partial charge in [0.25, 0.3) is 0 Å². The van der Waals surface area contributed by atoms with Crippen LogP contribution in [-0.4, -0.2) is 52.6 Å². The van der Waals surface area contributed by atoms with Crippen molar-refractivity contribution in [2.75, 3.05) is 32.7 Å². The average Bonchev–Trinajstić information content (AvgIpc) is 2.90. The molecule has 1 fully saturated rings. The molecule has 7 heteroatoms. The van der Waals surface area contributed by atoms with Gasteiger partial charge in [-0.1, -0.05) is 64.5 Å². The van der Waals surface area contributed by atoms with Crippen LogP contribution in [0.15, 0.2) is 88.1 Å². The maximum Gasteiger partial charge on any atom is 0.248 e. The number of aliphatic hydroxyl groups is 1. The van der Waals surface area contributed by atoms with Crippen LogP contribution in [0.1, 0.15) is 22.8 Å². The van der Waals surface area contributed by atoms with Gasteiger partial charge in [0.15, 0.2) is 0 Å². The number of β-amino-alcohol motifs (C(OH)–C–C–N with tert-alkyl or cyclic N) is 1. The highest BCUT2D eigenvalue weighted by atomic mass is 79.9. The third-order valence-electron chi connectivity index (χ3n) is 6.70. The van der Waals surface area contributed by atoms with E-state index in [2.05, 4.69) is 55.0 Å². The van der Waals surface area contributed by atoms with Crippen molar-refractivity contribution in [1.82, 2.24) is 14.8 Å². The molecule has 6 nitrogen and oxygen atoms in total. The van der Waals surface area contributed by atoms with E-state index in [1.807, 2.05) is 42.5 Å². The lowest BCUT2D eigenvalue weighted by Gasteiger charge is -2.35. The number of nitrogens with one attached hydrogen (secondary N) is 1. The number of benzene rings is 3. The molecule has 1 aromatic heterocycles. The summed E-state index contributed by atoms with van der Waals surface area (Å²) in [5, 5.41) is 12.0. The molecule has 0 bridgehead atoms. The normalized spacial score (nSPS) is 15.7. The summed E-state index contributed by atoms with van der Waals surface area (Å²) in [4.78, 5) is 19.8. The Balaban J connectivity index is 1.24. The molecule has 0 spiro atoms. The first-order chi connectivity index (χ1) is 17.5. The predicted molar refractivity (Wildman–Crippen MR) is 146 cm³/mol. The minimum atomic E-state index is -0.667. The highest BCUT2D eigenvalue weighted by molar-refractivity contribution is 9.10. The van der Waals surface area contributed by atoms with Crippen molar-refractivity contribution in [2.24, 2.45) is 0 Å². The van der Waals surface area contributed by atoms with Crippen molar-refractivity contribution in [3.63, 3.8) is 0 Å². The van der Waals surface area contributed by atoms with Crippen LogP contribution in [0.5, 0.6) is 5.75 Å². The summed E-state index contributed by atoms with van der Waals surface area (Å²) >= 11 is 3.49. The fourth-order valence-electron chi connectivity index (χ4n) is 4.72. The summed E-state index contributed by atoms with van der Waals surface area (Å²) in [5.74, 6) is 0.601. The first kappa shape index (κ1) is 24.7. The zero-order valence-corrected chi connectivity index (χ0v) is 21.7. The van der Waals surface area contributed by atoms with Crippen molar-refractivity contribution < 1.29 is 9.84 Å². The molecule has 36 heavy (non-hydrogen) atoms. The van der Waals surface area contributed by atoms with Gasteiger partial charge in [0.05, 0.1) is 11.6 Å². The Morgan fingerprint density at radius 1 is 0.861 bits per heavy atom. The van der Waals surface area contributed by atoms with Gasteiger partial charge in [0.1, 0.15) is 12.4 Å². The van der Waals surface area contributed by atoms with Gasteiger partial charge in [-0.15, -0.1) is 0 Å². The Morgan fingerprint density at radius 3 is 2.33 bits per heavy atom. The number of fused-ring (bicyclic) bond motifs is 1. The largest absolute Gasteiger partial charge is 0.487 e. The van der Waals surface area contributed by atoms with E-state index in [9.17, 15) is 9.90 Å². The number of pyridine rings is 1. The van der Waals surface area contributed by atoms with Crippen LogP contribution >= 0.6 is 15.9 Å². The molecule has 0 amide bonds. The molecule has 3 aromatic carbocycles. The smallest absolute Gasteiger partial charge is 0.248 e. The standard InChI is InChI=1S/C29H30BrN3O3/c30-23-8-6-21(7-9-23)18-32-14-16-33(17-15-32)19-26(34)24-10-12-27(29-25(24)11-13-28(35)31-29)36-20-22-4-2-1-3-5-22/h1-13,26,34H,14-20H2,(H,31,35)/t26-/m0/s1. The number of halogens is 1. The third kappa shape index (κ3) is 6.05. The number of aliphatic hydroxyl groups excluding tert-OH is 1. The fourth-order valence-corrected chi connectivity index (χ4v) is 4.98. The highest BCUT2D eigenvalue weighted by Gasteiger charge is 2.22. The highest BCUT2D eigenvalue weighted by Crippen LogP contribution is 2.31. The summed E-state index contributed by atoms with van der Waals surface area (Å²) < 4.78 is 7.14. The molecule has 0 aliphatic carbocycles. The fraction of sp³-hybridized carbons (Fsp3) is 0.276. The molecule has 2 heterocycles. The van der Waals surface area contributed by atoms with Crippen molar-refractivity contribution in [2.45, 2.75) is 19.3 Å². The molecular weight excluding hydrogens is 518 g/mol. The van der Waals surface area contributed by atoms with Gasteiger partial charge < -0.3 is 14.8 Å². The SMILES string of the molecule is O=c1ccc2c([C@@H](O)CN3CCN(Cc4ccc(Br)cc4)CC3)ccc(OCc3ccccc3)c2[nH]1. The second-order valence-corrected chi connectivity index (χ2v) is 10.2. The Labute approximate surface area is 219 Å². The summed E-state index contributed by atoms with van der Waals surface area (Å²) in [5.41, 5.74) is 3.58. The van der Waals surface area contributed by atoms with Gasteiger partial charge in [-0.25, -0.2) is 0 Å². The Morgan fingerprint density at radius 2 is 1.58 bits per heavy atom. The van der Waals surface area contributed by atoms with E-state index < -0.39 is 6.10 Å². The third-order valence-corrected chi connectivity index (χ3v) is 7.23. The summed E-state index contributed by atoms with van der Waals surface area (Å²) in [6.45, 7) is 5.61. The second-order valence-electron chi connectivity index (χ2n) is 9.26. The number of piperazine rings is 1. The summed E-state index contributed by atoms with van der Waals surface area (Å²) in [6.07, 6.45) is -0.667. The number of ether oxygens (including phenoxy) is 1. The molecule has 0 radical (unpaired) electrons. The molecule has 1 saturated heterocycles. The van der Waals surface area contributed by atoms with E-state index in [-0.39, 0.29) is 5.56 Å². The molecule has 1 atom stereocenters. The molecule has 1 aliphatic heterocycles. The molecule has 0 saturated carbocycles. The molecule has 4 aromatic rings. The van der Waals surface area contributed by atoms with Gasteiger partial charge in [-0.05, 0) is 41.0 Å². The van der Waals surface area contributed by atoms with E-state index in [1.54, 1.807) is 6.07 Å². The molecule has 0 unspecified atom stereocenters. The van der Waals surface area contributed by atoms with Crippen molar-refractivity contribution >= 4 is 26.8 Å². The zero-order valence-electron chi connectivity index (χ0n) is 20.1. The number of aromatic amines is 1. The van der Waals surface area contributed by atoms with Crippen LogP contribution in [0.25, 0.3) is 10.9 Å². The minimum absolute atomic E-state index is 0.194. The van der Waals surface area contributed by atoms with Crippen LogP contribution in [-0.2, 0) is 13.2 Å². The lowest BCUT2D eigenvalue weighted by Crippen LogP contribution is -2.47. The molecule has 5 rings (SSSR count). The zero-order chi connectivity index (χ0) is 24.9. The topological polar surface area (TPSA) is 68.8 Å². The van der Waals surface area contributed by atoms with Gasteiger partial charge in [-0.3, -0.25) is 14.6 Å². The first-order valence-corrected chi connectivity index (χ1v) is 13.0. The number of hydrogen-bond acceptors (Lipinski definition) is 5. The Kier molecular flexibility index (Phi) is 7.82. The van der Waals surface area contributed by atoms with E-state index in [1.165, 1.54) is 11.6 Å². The Hall–Kier alpha value is -2.97. The van der Waals surface area contributed by atoms with Crippen molar-refractivity contribution in [1.29, 1.82) is 0 Å². The Bertz CT molecular complexity index is 1350. The maximum atomic E-state index is 12.1. The average molecular weight is 548 g/mol. The lowest BCUT2D eigenvalue weighted by atomic mass is 10.0. The van der Waals surface area contributed by atoms with Crippen LogP contribution in [0.2, 0.25) is 0 Å². The van der Waals surface area contributed by atoms with E-state index >= 15 is 0 Å². The van der Waals surface area contributed by atoms with Crippen molar-refractivity contribution in [3.8, 4) is 5.75 Å². The van der Waals surface area contributed by atoms with Gasteiger partial charge in [0.2, 0.25) is 5.56 Å². The first-order valence-electron chi connectivity index (χ1n) is 12.2. The minimum Gasteiger partial charge on any atom is -0.487 e. The molecule has 1 aliphatic rings. The summed E-state index contributed by atoms with van der Waals surface area (Å²) in [6, 6.07) is 25.4. The van der Waals surface area contributed by atoms with E-state index in [0.29, 0.717) is 24.4 Å². The number of H-pyrrole nitrogens is 1.